The van der Waals surface area contributed by atoms with Crippen molar-refractivity contribution in [2.24, 2.45) is 0 Å². The van der Waals surface area contributed by atoms with E-state index in [4.69, 9.17) is 0 Å². The van der Waals surface area contributed by atoms with Crippen LogP contribution in [0.3, 0.4) is 0 Å². The van der Waals surface area contributed by atoms with Gasteiger partial charge in [0, 0.05) is 28.9 Å². The van der Waals surface area contributed by atoms with Gasteiger partial charge in [-0.25, -0.2) is 4.98 Å². The Morgan fingerprint density at radius 3 is 2.67 bits per heavy atom. The maximum atomic E-state index is 10.3. The van der Waals surface area contributed by atoms with E-state index in [9.17, 15) is 10.2 Å². The van der Waals surface area contributed by atoms with Crippen molar-refractivity contribution in [3.05, 3.63) is 54.9 Å². The molecule has 2 heterocycles. The molecular weight excluding hydrogens is 264 g/mol. The third-order valence-corrected chi connectivity index (χ3v) is 3.72. The number of benzene rings is 2. The molecule has 0 saturated heterocycles. The van der Waals surface area contributed by atoms with Crippen molar-refractivity contribution < 1.29 is 10.2 Å². The van der Waals surface area contributed by atoms with Gasteiger partial charge in [-0.05, 0) is 29.0 Å². The molecule has 0 atom stereocenters. The van der Waals surface area contributed by atoms with E-state index in [-0.39, 0.29) is 11.5 Å². The van der Waals surface area contributed by atoms with E-state index in [1.807, 2.05) is 36.4 Å². The van der Waals surface area contributed by atoms with E-state index in [0.717, 1.165) is 27.4 Å². The minimum Gasteiger partial charge on any atom is -0.504 e. The van der Waals surface area contributed by atoms with Gasteiger partial charge >= 0.3 is 0 Å². The molecular formula is C17H12N2O2. The van der Waals surface area contributed by atoms with Crippen molar-refractivity contribution >= 4 is 21.8 Å². The number of nitrogens with one attached hydrogen (secondary N) is 1. The SMILES string of the molecule is Oc1cc2ccccc2c(-c2c[nH]c3ncccc23)c1O. The molecule has 102 valence electrons. The van der Waals surface area contributed by atoms with E-state index < -0.39 is 0 Å². The molecule has 0 spiro atoms. The number of H-pyrrole nitrogens is 1. The lowest BCUT2D eigenvalue weighted by Gasteiger charge is -2.10. The Hall–Kier alpha value is -3.01. The molecule has 4 heteroatoms. The van der Waals surface area contributed by atoms with E-state index in [2.05, 4.69) is 9.97 Å². The van der Waals surface area contributed by atoms with Crippen molar-refractivity contribution in [2.75, 3.05) is 0 Å². The number of hydrogen-bond donors (Lipinski definition) is 3. The normalized spacial score (nSPS) is 11.2. The second-order valence-corrected chi connectivity index (χ2v) is 4.94. The van der Waals surface area contributed by atoms with Gasteiger partial charge in [0.05, 0.1) is 0 Å². The summed E-state index contributed by atoms with van der Waals surface area (Å²) < 4.78 is 0. The van der Waals surface area contributed by atoms with E-state index in [0.29, 0.717) is 5.56 Å². The predicted molar refractivity (Wildman–Crippen MR) is 82.4 cm³/mol. The molecule has 4 nitrogen and oxygen atoms in total. The van der Waals surface area contributed by atoms with E-state index >= 15 is 0 Å². The van der Waals surface area contributed by atoms with Gasteiger partial charge in [0.15, 0.2) is 11.5 Å². The number of pyridine rings is 1. The van der Waals surface area contributed by atoms with Gasteiger partial charge in [0.2, 0.25) is 0 Å². The van der Waals surface area contributed by atoms with Crippen LogP contribution in [0.15, 0.2) is 54.9 Å². The predicted octanol–water partition coefficient (Wildman–Crippen LogP) is 3.79. The van der Waals surface area contributed by atoms with Gasteiger partial charge < -0.3 is 15.2 Å². The fourth-order valence-corrected chi connectivity index (χ4v) is 2.76. The van der Waals surface area contributed by atoms with Crippen LogP contribution in [0.5, 0.6) is 11.5 Å². The summed E-state index contributed by atoms with van der Waals surface area (Å²) in [6.45, 7) is 0. The van der Waals surface area contributed by atoms with Crippen LogP contribution < -0.4 is 0 Å². The number of nitrogens with zero attached hydrogens (tertiary/aromatic N) is 1. The van der Waals surface area contributed by atoms with Gasteiger partial charge in [0.25, 0.3) is 0 Å². The van der Waals surface area contributed by atoms with Crippen LogP contribution in [0.25, 0.3) is 32.9 Å². The average Bonchev–Trinajstić information content (AvgIpc) is 2.92. The molecule has 0 fully saturated rings. The zero-order valence-corrected chi connectivity index (χ0v) is 11.0. The number of phenolic OH excluding ortho intramolecular Hbond substituents is 2. The highest BCUT2D eigenvalue weighted by Gasteiger charge is 2.17. The van der Waals surface area contributed by atoms with E-state index in [1.165, 1.54) is 0 Å². The van der Waals surface area contributed by atoms with Crippen LogP contribution in [0, 0.1) is 0 Å². The first-order valence-electron chi connectivity index (χ1n) is 6.62. The summed E-state index contributed by atoms with van der Waals surface area (Å²) in [7, 11) is 0. The lowest BCUT2D eigenvalue weighted by molar-refractivity contribution is 0.406. The highest BCUT2D eigenvalue weighted by atomic mass is 16.3. The molecule has 21 heavy (non-hydrogen) atoms. The molecule has 2 aromatic heterocycles. The first kappa shape index (κ1) is 11.8. The Morgan fingerprint density at radius 1 is 0.952 bits per heavy atom. The molecule has 0 amide bonds. The molecule has 0 unspecified atom stereocenters. The lowest BCUT2D eigenvalue weighted by atomic mass is 9.97. The zero-order valence-electron chi connectivity index (χ0n) is 11.0. The number of aromatic hydroxyl groups is 2. The Kier molecular flexibility index (Phi) is 2.38. The van der Waals surface area contributed by atoms with Crippen molar-refractivity contribution in [3.63, 3.8) is 0 Å². The summed E-state index contributed by atoms with van der Waals surface area (Å²) in [5, 5.41) is 23.0. The number of aromatic amines is 1. The first-order chi connectivity index (χ1) is 10.3. The van der Waals surface area contributed by atoms with Crippen LogP contribution in [0.4, 0.5) is 0 Å². The first-order valence-corrected chi connectivity index (χ1v) is 6.62. The third-order valence-electron chi connectivity index (χ3n) is 3.72. The molecule has 2 aromatic carbocycles. The average molecular weight is 276 g/mol. The fourth-order valence-electron chi connectivity index (χ4n) is 2.76. The highest BCUT2D eigenvalue weighted by molar-refractivity contribution is 6.07. The van der Waals surface area contributed by atoms with Gasteiger partial charge in [0.1, 0.15) is 5.65 Å². The summed E-state index contributed by atoms with van der Waals surface area (Å²) in [6.07, 6.45) is 3.52. The molecule has 0 radical (unpaired) electrons. The summed E-state index contributed by atoms with van der Waals surface area (Å²) >= 11 is 0. The Balaban J connectivity index is 2.17. The van der Waals surface area contributed by atoms with Crippen molar-refractivity contribution in [1.29, 1.82) is 0 Å². The highest BCUT2D eigenvalue weighted by Crippen LogP contribution is 2.44. The molecule has 0 aliphatic rings. The van der Waals surface area contributed by atoms with Gasteiger partial charge in [-0.1, -0.05) is 24.3 Å². The van der Waals surface area contributed by atoms with Crippen LogP contribution >= 0.6 is 0 Å². The molecule has 0 bridgehead atoms. The van der Waals surface area contributed by atoms with Crippen LogP contribution in [-0.2, 0) is 0 Å². The second-order valence-electron chi connectivity index (χ2n) is 4.94. The second kappa shape index (κ2) is 4.24. The number of rotatable bonds is 1. The number of hydrogen-bond acceptors (Lipinski definition) is 3. The molecule has 4 aromatic rings. The van der Waals surface area contributed by atoms with Crippen LogP contribution in [-0.4, -0.2) is 20.2 Å². The molecule has 3 N–H and O–H groups in total. The van der Waals surface area contributed by atoms with Crippen molar-refractivity contribution in [2.45, 2.75) is 0 Å². The minimum atomic E-state index is -0.123. The number of fused-ring (bicyclic) bond motifs is 2. The largest absolute Gasteiger partial charge is 0.504 e. The maximum absolute atomic E-state index is 10.3. The number of phenols is 2. The van der Waals surface area contributed by atoms with E-state index in [1.54, 1.807) is 18.5 Å². The maximum Gasteiger partial charge on any atom is 0.166 e. The standard InChI is InChI=1S/C17H12N2O2/c20-14-8-10-4-1-2-5-11(10)15(16(14)21)13-9-19-17-12(13)6-3-7-18-17/h1-9,20-21H,(H,18,19). The Bertz CT molecular complexity index is 973. The fraction of sp³-hybridized carbons (Fsp3) is 0. The quantitative estimate of drug-likeness (QED) is 0.463. The lowest BCUT2D eigenvalue weighted by Crippen LogP contribution is -1.83. The topological polar surface area (TPSA) is 69.1 Å². The molecule has 0 aliphatic carbocycles. The Labute approximate surface area is 120 Å². The number of aromatic nitrogens is 2. The van der Waals surface area contributed by atoms with Gasteiger partial charge in [-0.2, -0.15) is 0 Å². The summed E-state index contributed by atoms with van der Waals surface area (Å²) in [6, 6.07) is 13.0. The smallest absolute Gasteiger partial charge is 0.166 e. The van der Waals surface area contributed by atoms with Crippen molar-refractivity contribution in [1.82, 2.24) is 9.97 Å². The van der Waals surface area contributed by atoms with Gasteiger partial charge in [-0.15, -0.1) is 0 Å². The zero-order chi connectivity index (χ0) is 14.4. The molecule has 0 aliphatic heterocycles. The molecule has 4 rings (SSSR count). The van der Waals surface area contributed by atoms with Crippen LogP contribution in [0.1, 0.15) is 0 Å². The Morgan fingerprint density at radius 2 is 1.76 bits per heavy atom. The van der Waals surface area contributed by atoms with Crippen molar-refractivity contribution in [3.8, 4) is 22.6 Å². The summed E-state index contributed by atoms with van der Waals surface area (Å²) in [4.78, 5) is 7.35. The summed E-state index contributed by atoms with van der Waals surface area (Å²) in [5.41, 5.74) is 2.19. The van der Waals surface area contributed by atoms with Crippen LogP contribution in [0.2, 0.25) is 0 Å². The van der Waals surface area contributed by atoms with Gasteiger partial charge in [-0.3, -0.25) is 0 Å². The third kappa shape index (κ3) is 1.66. The minimum absolute atomic E-state index is 0.113. The molecule has 0 saturated carbocycles. The monoisotopic (exact) mass is 276 g/mol. The summed E-state index contributed by atoms with van der Waals surface area (Å²) in [5.74, 6) is -0.236.